The third-order valence-corrected chi connectivity index (χ3v) is 3.24. The number of hydrogen-bond acceptors (Lipinski definition) is 3. The van der Waals surface area contributed by atoms with Crippen molar-refractivity contribution in [3.05, 3.63) is 29.8 Å². The van der Waals surface area contributed by atoms with Gasteiger partial charge in [-0.2, -0.15) is 0 Å². The van der Waals surface area contributed by atoms with Gasteiger partial charge in [0.1, 0.15) is 5.75 Å². The first-order valence-electron chi connectivity index (χ1n) is 7.25. The van der Waals surface area contributed by atoms with Crippen molar-refractivity contribution in [2.45, 2.75) is 25.9 Å². The van der Waals surface area contributed by atoms with Crippen molar-refractivity contribution in [2.24, 2.45) is 4.99 Å². The summed E-state index contributed by atoms with van der Waals surface area (Å²) >= 11 is 0. The number of hydrogen-bond donors (Lipinski definition) is 2. The highest BCUT2D eigenvalue weighted by Crippen LogP contribution is 2.20. The molecular weight excluding hydrogens is 264 g/mol. The van der Waals surface area contributed by atoms with Gasteiger partial charge in [-0.05, 0) is 45.6 Å². The maximum absolute atomic E-state index is 5.21. The van der Waals surface area contributed by atoms with Crippen molar-refractivity contribution in [1.82, 2.24) is 15.5 Å². The molecule has 21 heavy (non-hydrogen) atoms. The molecule has 1 atom stereocenters. The summed E-state index contributed by atoms with van der Waals surface area (Å²) < 4.78 is 5.21. The molecule has 1 unspecified atom stereocenters. The van der Waals surface area contributed by atoms with Crippen LogP contribution >= 0.6 is 0 Å². The highest BCUT2D eigenvalue weighted by atomic mass is 16.5. The lowest BCUT2D eigenvalue weighted by molar-refractivity contribution is 0.297. The molecule has 1 rings (SSSR count). The Bertz CT molecular complexity index is 440. The maximum Gasteiger partial charge on any atom is 0.191 e. The van der Waals surface area contributed by atoms with Gasteiger partial charge in [0.2, 0.25) is 0 Å². The van der Waals surface area contributed by atoms with Crippen LogP contribution in [-0.4, -0.2) is 51.7 Å². The number of nitrogens with zero attached hydrogens (tertiary/aromatic N) is 2. The second-order valence-electron chi connectivity index (χ2n) is 5.50. The molecule has 118 valence electrons. The van der Waals surface area contributed by atoms with E-state index in [-0.39, 0.29) is 6.04 Å². The Kier molecular flexibility index (Phi) is 7.02. The monoisotopic (exact) mass is 292 g/mol. The largest absolute Gasteiger partial charge is 0.497 e. The molecule has 0 aromatic heterocycles. The molecule has 2 N–H and O–H groups in total. The molecule has 0 bridgehead atoms. The van der Waals surface area contributed by atoms with Gasteiger partial charge in [0.05, 0.1) is 13.2 Å². The number of ether oxygens (including phenoxy) is 1. The Morgan fingerprint density at radius 2 is 1.86 bits per heavy atom. The van der Waals surface area contributed by atoms with E-state index in [1.165, 1.54) is 5.56 Å². The highest BCUT2D eigenvalue weighted by molar-refractivity contribution is 5.79. The van der Waals surface area contributed by atoms with E-state index in [4.69, 9.17) is 4.74 Å². The van der Waals surface area contributed by atoms with E-state index in [0.717, 1.165) is 18.3 Å². The van der Waals surface area contributed by atoms with Crippen molar-refractivity contribution < 1.29 is 4.74 Å². The molecule has 0 fully saturated rings. The predicted octanol–water partition coefficient (Wildman–Crippen LogP) is 1.87. The minimum atomic E-state index is 0.265. The van der Waals surface area contributed by atoms with E-state index >= 15 is 0 Å². The molecular formula is C16H28N4O. The van der Waals surface area contributed by atoms with Crippen molar-refractivity contribution in [1.29, 1.82) is 0 Å². The molecule has 0 amide bonds. The molecule has 0 radical (unpaired) electrons. The van der Waals surface area contributed by atoms with Gasteiger partial charge in [-0.25, -0.2) is 0 Å². The fourth-order valence-corrected chi connectivity index (χ4v) is 2.09. The van der Waals surface area contributed by atoms with Gasteiger partial charge in [-0.1, -0.05) is 12.1 Å². The van der Waals surface area contributed by atoms with Gasteiger partial charge >= 0.3 is 0 Å². The maximum atomic E-state index is 5.21. The van der Waals surface area contributed by atoms with Crippen LogP contribution in [0.25, 0.3) is 0 Å². The van der Waals surface area contributed by atoms with E-state index < -0.39 is 0 Å². The zero-order valence-corrected chi connectivity index (χ0v) is 14.0. The fourth-order valence-electron chi connectivity index (χ4n) is 2.09. The summed E-state index contributed by atoms with van der Waals surface area (Å²) in [7, 11) is 7.63. The topological polar surface area (TPSA) is 48.9 Å². The SMILES string of the molecule is CN=C(NCC(c1ccc(OC)cc1)N(C)C)NC(C)C. The molecule has 5 nitrogen and oxygen atoms in total. The van der Waals surface area contributed by atoms with E-state index in [0.29, 0.717) is 6.04 Å². The minimum absolute atomic E-state index is 0.265. The molecule has 0 aliphatic heterocycles. The van der Waals surface area contributed by atoms with Crippen LogP contribution in [0, 0.1) is 0 Å². The summed E-state index contributed by atoms with van der Waals surface area (Å²) in [6.45, 7) is 4.98. The second-order valence-corrected chi connectivity index (χ2v) is 5.50. The van der Waals surface area contributed by atoms with Crippen molar-refractivity contribution in [2.75, 3.05) is 34.8 Å². The van der Waals surface area contributed by atoms with Crippen LogP contribution < -0.4 is 15.4 Å². The van der Waals surface area contributed by atoms with Gasteiger partial charge in [-0.15, -0.1) is 0 Å². The second kappa shape index (κ2) is 8.52. The Balaban J connectivity index is 2.73. The summed E-state index contributed by atoms with van der Waals surface area (Å²) in [5.74, 6) is 1.70. The Morgan fingerprint density at radius 3 is 2.29 bits per heavy atom. The van der Waals surface area contributed by atoms with Gasteiger partial charge in [0.15, 0.2) is 5.96 Å². The quantitative estimate of drug-likeness (QED) is 0.621. The average molecular weight is 292 g/mol. The van der Waals surface area contributed by atoms with Crippen LogP contribution in [0.1, 0.15) is 25.5 Å². The fraction of sp³-hybridized carbons (Fsp3) is 0.562. The number of aliphatic imine (C=N–C) groups is 1. The van der Waals surface area contributed by atoms with Gasteiger partial charge in [0.25, 0.3) is 0 Å². The summed E-state index contributed by atoms with van der Waals surface area (Å²) in [5.41, 5.74) is 1.24. The Morgan fingerprint density at radius 1 is 1.24 bits per heavy atom. The zero-order chi connectivity index (χ0) is 15.8. The van der Waals surface area contributed by atoms with Crippen LogP contribution in [0.2, 0.25) is 0 Å². The van der Waals surface area contributed by atoms with Crippen LogP contribution in [0.15, 0.2) is 29.3 Å². The summed E-state index contributed by atoms with van der Waals surface area (Å²) in [6, 6.07) is 8.81. The minimum Gasteiger partial charge on any atom is -0.497 e. The third-order valence-electron chi connectivity index (χ3n) is 3.24. The molecule has 1 aromatic carbocycles. The average Bonchev–Trinajstić information content (AvgIpc) is 2.46. The molecule has 1 aromatic rings. The zero-order valence-electron chi connectivity index (χ0n) is 14.0. The van der Waals surface area contributed by atoms with E-state index in [1.807, 2.05) is 12.1 Å². The molecule has 5 heteroatoms. The van der Waals surface area contributed by atoms with Crippen molar-refractivity contribution in [3.63, 3.8) is 0 Å². The number of guanidine groups is 1. The number of likely N-dealkylation sites (N-methyl/N-ethyl adjacent to an activating group) is 1. The first kappa shape index (κ1) is 17.3. The molecule has 0 spiro atoms. The first-order valence-corrected chi connectivity index (χ1v) is 7.25. The van der Waals surface area contributed by atoms with Gasteiger partial charge in [0, 0.05) is 19.6 Å². The molecule has 0 aliphatic carbocycles. The molecule has 0 heterocycles. The Hall–Kier alpha value is -1.75. The normalized spacial score (nSPS) is 13.4. The highest BCUT2D eigenvalue weighted by Gasteiger charge is 2.15. The molecule has 0 aliphatic rings. The lowest BCUT2D eigenvalue weighted by atomic mass is 10.1. The molecule has 0 saturated carbocycles. The summed E-state index contributed by atoms with van der Waals surface area (Å²) in [5, 5.41) is 6.67. The van der Waals surface area contributed by atoms with Crippen LogP contribution in [-0.2, 0) is 0 Å². The lowest BCUT2D eigenvalue weighted by Gasteiger charge is -2.26. The number of methoxy groups -OCH3 is 1. The van der Waals surface area contributed by atoms with Crippen molar-refractivity contribution >= 4 is 5.96 Å². The van der Waals surface area contributed by atoms with E-state index in [1.54, 1.807) is 14.2 Å². The smallest absolute Gasteiger partial charge is 0.191 e. The number of nitrogens with one attached hydrogen (secondary N) is 2. The van der Waals surface area contributed by atoms with Crippen molar-refractivity contribution in [3.8, 4) is 5.75 Å². The first-order chi connectivity index (χ1) is 9.97. The van der Waals surface area contributed by atoms with E-state index in [9.17, 15) is 0 Å². The van der Waals surface area contributed by atoms with E-state index in [2.05, 4.69) is 60.6 Å². The van der Waals surface area contributed by atoms with Crippen LogP contribution in [0.3, 0.4) is 0 Å². The molecule has 0 saturated heterocycles. The van der Waals surface area contributed by atoms with Crippen LogP contribution in [0.4, 0.5) is 0 Å². The van der Waals surface area contributed by atoms with Crippen LogP contribution in [0.5, 0.6) is 5.75 Å². The summed E-state index contributed by atoms with van der Waals surface area (Å²) in [6.07, 6.45) is 0. The standard InChI is InChI=1S/C16H28N4O/c1-12(2)19-16(17-3)18-11-15(20(4)5)13-7-9-14(21-6)10-8-13/h7-10,12,15H,11H2,1-6H3,(H2,17,18,19). The lowest BCUT2D eigenvalue weighted by Crippen LogP contribution is -2.44. The van der Waals surface area contributed by atoms with Gasteiger partial charge < -0.3 is 20.3 Å². The predicted molar refractivity (Wildman–Crippen MR) is 89.1 cm³/mol. The number of benzene rings is 1. The third kappa shape index (κ3) is 5.63. The number of rotatable bonds is 6. The Labute approximate surface area is 128 Å². The van der Waals surface area contributed by atoms with Gasteiger partial charge in [-0.3, -0.25) is 4.99 Å². The summed E-state index contributed by atoms with van der Waals surface area (Å²) in [4.78, 5) is 6.43.